The third-order valence-electron chi connectivity index (χ3n) is 19.1. The van der Waals surface area contributed by atoms with Gasteiger partial charge in [0, 0.05) is 57.6 Å². The molecule has 4 aliphatic rings. The first kappa shape index (κ1) is 84.2. The molecule has 112 heavy (non-hydrogen) atoms. The minimum atomic E-state index is -4.16. The molecule has 5 N–H and O–H groups in total. The number of halogens is 3. The molecule has 25 heteroatoms. The fraction of sp³-hybridized carbons (Fsp3) is 0.310. The second-order valence-electron chi connectivity index (χ2n) is 27.7. The molecule has 0 saturated heterocycles. The number of ether oxygens (including phenoxy) is 5. The summed E-state index contributed by atoms with van der Waals surface area (Å²) in [5.41, 5.74) is 17.0. The van der Waals surface area contributed by atoms with Crippen molar-refractivity contribution in [2.75, 3.05) is 46.1 Å². The van der Waals surface area contributed by atoms with Gasteiger partial charge < -0.3 is 39.6 Å². The number of para-hydroxylation sites is 1. The maximum atomic E-state index is 13.3. The number of sulfonamides is 2. The summed E-state index contributed by atoms with van der Waals surface area (Å²) in [6, 6.07) is 50.0. The Balaban J connectivity index is 0.000000181. The Hall–Kier alpha value is -10.2. The van der Waals surface area contributed by atoms with E-state index in [1.54, 1.807) is 19.1 Å². The molecule has 1 saturated carbocycles. The molecule has 0 bridgehead atoms. The molecule has 12 rings (SSSR count). The van der Waals surface area contributed by atoms with E-state index in [1.165, 1.54) is 24.3 Å². The van der Waals surface area contributed by atoms with Crippen LogP contribution in [0.25, 0.3) is 16.7 Å². The van der Waals surface area contributed by atoms with E-state index in [1.807, 2.05) is 166 Å². The molecule has 0 heterocycles. The Bertz CT molecular complexity index is 5110. The summed E-state index contributed by atoms with van der Waals surface area (Å²) < 4.78 is 82.0. The third-order valence-corrected chi connectivity index (χ3v) is 24.2. The van der Waals surface area contributed by atoms with E-state index in [0.29, 0.717) is 107 Å². The molecule has 4 aliphatic carbocycles. The lowest BCUT2D eigenvalue weighted by atomic mass is 10.0. The number of amides is 5. The van der Waals surface area contributed by atoms with Crippen molar-refractivity contribution in [1.29, 1.82) is 0 Å². The zero-order chi connectivity index (χ0) is 80.2. The minimum absolute atomic E-state index is 0.107. The van der Waals surface area contributed by atoms with Crippen LogP contribution >= 0.6 is 34.8 Å². The number of aryl methyl sites for hydroxylation is 6. The van der Waals surface area contributed by atoms with E-state index < -0.39 is 56.1 Å². The molecule has 0 unspecified atom stereocenters. The van der Waals surface area contributed by atoms with E-state index in [-0.39, 0.29) is 35.6 Å². The number of esters is 1. The van der Waals surface area contributed by atoms with E-state index >= 15 is 0 Å². The highest BCUT2D eigenvalue weighted by Gasteiger charge is 2.37. The number of nitrogens with one attached hydrogen (secondary N) is 5. The molecule has 0 radical (unpaired) electrons. The van der Waals surface area contributed by atoms with Gasteiger partial charge >= 0.3 is 5.97 Å². The monoisotopic (exact) mass is 1620 g/mol. The van der Waals surface area contributed by atoms with E-state index in [0.717, 1.165) is 134 Å². The molecule has 0 aliphatic heterocycles. The van der Waals surface area contributed by atoms with Crippen LogP contribution in [0.15, 0.2) is 185 Å². The van der Waals surface area contributed by atoms with Crippen LogP contribution < -0.4 is 44.3 Å². The van der Waals surface area contributed by atoms with Crippen molar-refractivity contribution in [1.82, 2.24) is 25.4 Å². The molecular formula is C87H92Cl3N5O15S2. The van der Waals surface area contributed by atoms with Gasteiger partial charge in [0.25, 0.3) is 21.8 Å². The summed E-state index contributed by atoms with van der Waals surface area (Å²) in [7, 11) is -7.79. The van der Waals surface area contributed by atoms with E-state index in [4.69, 9.17) is 58.5 Å². The summed E-state index contributed by atoms with van der Waals surface area (Å²) in [4.78, 5) is 75.2. The van der Waals surface area contributed by atoms with Gasteiger partial charge in [0.15, 0.2) is 0 Å². The number of fused-ring (bicyclic) bond motifs is 3. The van der Waals surface area contributed by atoms with Gasteiger partial charge in [-0.3, -0.25) is 33.5 Å². The van der Waals surface area contributed by atoms with Crippen LogP contribution in [0.1, 0.15) is 131 Å². The molecule has 0 spiro atoms. The average molecular weight is 1620 g/mol. The highest BCUT2D eigenvalue weighted by atomic mass is 35.5. The van der Waals surface area contributed by atoms with Gasteiger partial charge in [-0.15, -0.1) is 0 Å². The SMILES string of the molecule is CCOC(=O)CCNC(=O)C1=C(CCCOc2cc(C)c(Cl)c(C)c2)c2ccccc2C1.Cc1cc(OCCCC2=C(C(=O)NCC(=O)NS(=O)(=O)C3CC3)Cc3ccccc32)cc(C)c1Cl.Cc1cc(OCCCC2=C(C(=O)NCC(=O)NS(=O)(=O)c3ccc(Oc4ccccc4)cc3)Cc3ccccc32)cc(C)c1Cl. The van der Waals surface area contributed by atoms with Crippen molar-refractivity contribution in [2.45, 2.75) is 136 Å². The number of rotatable bonds is 32. The number of benzene rings is 8. The first-order valence-corrected chi connectivity index (χ1v) is 41.4. The van der Waals surface area contributed by atoms with Gasteiger partial charge in [-0.2, -0.15) is 0 Å². The van der Waals surface area contributed by atoms with Crippen LogP contribution in [0.5, 0.6) is 28.7 Å². The fourth-order valence-corrected chi connectivity index (χ4v) is 16.1. The highest BCUT2D eigenvalue weighted by Crippen LogP contribution is 2.40. The first-order valence-electron chi connectivity index (χ1n) is 37.2. The molecule has 588 valence electrons. The number of carbonyl (C=O) groups excluding carboxylic acids is 6. The fourth-order valence-electron chi connectivity index (χ4n) is 13.4. The lowest BCUT2D eigenvalue weighted by molar-refractivity contribution is -0.143. The topological polar surface area (TPSA) is 277 Å². The molecule has 1 fully saturated rings. The van der Waals surface area contributed by atoms with Gasteiger partial charge in [0.05, 0.1) is 56.1 Å². The molecule has 0 aromatic heterocycles. The minimum Gasteiger partial charge on any atom is -0.494 e. The Morgan fingerprint density at radius 2 is 0.777 bits per heavy atom. The van der Waals surface area contributed by atoms with Gasteiger partial charge in [-0.25, -0.2) is 21.6 Å². The zero-order valence-electron chi connectivity index (χ0n) is 63.7. The molecule has 20 nitrogen and oxygen atoms in total. The number of hydrogen-bond donors (Lipinski definition) is 5. The van der Waals surface area contributed by atoms with E-state index in [9.17, 15) is 45.6 Å². The Morgan fingerprint density at radius 1 is 0.429 bits per heavy atom. The Labute approximate surface area is 670 Å². The quantitative estimate of drug-likeness (QED) is 0.0194. The smallest absolute Gasteiger partial charge is 0.307 e. The molecule has 8 aromatic rings. The van der Waals surface area contributed by atoms with Crippen molar-refractivity contribution in [2.24, 2.45) is 0 Å². The summed E-state index contributed by atoms with van der Waals surface area (Å²) in [6.07, 6.45) is 6.89. The summed E-state index contributed by atoms with van der Waals surface area (Å²) in [5.74, 6) is 0.577. The molecule has 5 amide bonds. The number of hydrogen-bond acceptors (Lipinski definition) is 15. The lowest BCUT2D eigenvalue weighted by Gasteiger charge is -2.12. The van der Waals surface area contributed by atoms with Crippen LogP contribution in [0.2, 0.25) is 15.1 Å². The molecular weight excluding hydrogens is 1530 g/mol. The standard InChI is InChI=1S/C35H33ClN2O6S.C26H29ClN2O5S.C26H30ClNO4/c1-23-19-28(20-24(2)34(23)36)43-18-8-13-31-30-12-7-6-9-25(30)21-32(31)35(40)37-22-33(39)38-45(41,42)29-16-14-27(15-17-29)44-26-10-4-3-5-11-26;1-16-12-19(13-17(2)25(16)27)34-11-5-8-22-21-7-4-3-6-18(21)14-23(22)26(31)28-15-24(30)29-35(32,33)20-9-10-20;1-4-31-24(29)11-12-28-26(30)23-16-19-8-5-6-9-21(19)22(23)10-7-13-32-20-14-17(2)25(27)18(3)15-20/h3-7,9-12,14-17,19-20H,8,13,18,21-22H2,1-2H3,(H,37,40)(H,38,39);3-4,6-7,12-13,20H,5,8-11,14-15H2,1-2H3,(H,28,31)(H,29,30);5-6,8-9,14-15H,4,7,10-13,16H2,1-3H3,(H,28,30). The van der Waals surface area contributed by atoms with Gasteiger partial charge in [0.1, 0.15) is 28.7 Å². The van der Waals surface area contributed by atoms with Crippen molar-refractivity contribution in [3.05, 3.63) is 262 Å². The largest absolute Gasteiger partial charge is 0.494 e. The normalized spacial score (nSPS) is 13.3. The summed E-state index contributed by atoms with van der Waals surface area (Å²) in [5, 5.41) is 9.78. The van der Waals surface area contributed by atoms with E-state index in [2.05, 4.69) is 28.1 Å². The predicted molar refractivity (Wildman–Crippen MR) is 437 cm³/mol. The highest BCUT2D eigenvalue weighted by molar-refractivity contribution is 7.91. The number of carbonyl (C=O) groups is 6. The van der Waals surface area contributed by atoms with Crippen LogP contribution in [-0.4, -0.2) is 104 Å². The van der Waals surface area contributed by atoms with Crippen molar-refractivity contribution in [3.63, 3.8) is 0 Å². The average Bonchev–Trinajstić information content (AvgIpc) is 1.66. The second kappa shape index (κ2) is 39.3. The summed E-state index contributed by atoms with van der Waals surface area (Å²) in [6.45, 7) is 14.6. The van der Waals surface area contributed by atoms with Crippen molar-refractivity contribution < 1.29 is 69.3 Å². The van der Waals surface area contributed by atoms with Crippen molar-refractivity contribution >= 4 is 107 Å². The lowest BCUT2D eigenvalue weighted by Crippen LogP contribution is -2.41. The summed E-state index contributed by atoms with van der Waals surface area (Å²) >= 11 is 18.7. The zero-order valence-corrected chi connectivity index (χ0v) is 67.6. The second-order valence-corrected chi connectivity index (χ2v) is 32.5. The van der Waals surface area contributed by atoms with Crippen molar-refractivity contribution in [3.8, 4) is 28.7 Å². The number of allylic oxidation sites excluding steroid dienone is 3. The first-order chi connectivity index (χ1) is 53.7. The van der Waals surface area contributed by atoms with Crippen LogP contribution in [0.3, 0.4) is 0 Å². The molecule has 8 aromatic carbocycles. The maximum Gasteiger partial charge on any atom is 0.307 e. The molecule has 0 atom stereocenters. The van der Waals surface area contributed by atoms with Crippen LogP contribution in [0.4, 0.5) is 0 Å². The van der Waals surface area contributed by atoms with Crippen LogP contribution in [-0.2, 0) is 72.8 Å². The Morgan fingerprint density at radius 3 is 1.15 bits per heavy atom. The maximum absolute atomic E-state index is 13.3. The third kappa shape index (κ3) is 23.0. The van der Waals surface area contributed by atoms with Gasteiger partial charge in [-0.05, 0) is 256 Å². The van der Waals surface area contributed by atoms with Gasteiger partial charge in [0.2, 0.25) is 27.7 Å². The van der Waals surface area contributed by atoms with Gasteiger partial charge in [-0.1, -0.05) is 126 Å². The Kier molecular flexibility index (Phi) is 29.6. The predicted octanol–water partition coefficient (Wildman–Crippen LogP) is 15.6. The van der Waals surface area contributed by atoms with Crippen LogP contribution in [0, 0.1) is 41.5 Å².